The number of rotatable bonds is 6. The van der Waals surface area contributed by atoms with Gasteiger partial charge in [-0.25, -0.2) is 4.79 Å². The van der Waals surface area contributed by atoms with Crippen LogP contribution in [0.4, 0.5) is 11.4 Å². The highest BCUT2D eigenvalue weighted by molar-refractivity contribution is 5.96. The minimum Gasteiger partial charge on any atom is -0.452 e. The standard InChI is InChI=1S/C24H23N3O3/c28-22(26-20-9-11-21(12-10-20)27-15-1-2-16-27)17-30-23(29)13-8-19-6-3-5-18-7-4-14-25-24(18)19/h3-14H,1-2,15-17H2,(H,26,28)/b13-8+. The van der Waals surface area contributed by atoms with Crippen LogP contribution in [-0.4, -0.2) is 36.6 Å². The zero-order chi connectivity index (χ0) is 20.8. The molecular formula is C24H23N3O3. The van der Waals surface area contributed by atoms with E-state index in [-0.39, 0.29) is 12.5 Å². The summed E-state index contributed by atoms with van der Waals surface area (Å²) in [6.45, 7) is 1.80. The van der Waals surface area contributed by atoms with Crippen LogP contribution in [0, 0.1) is 0 Å². The fraction of sp³-hybridized carbons (Fsp3) is 0.208. The van der Waals surface area contributed by atoms with Gasteiger partial charge in [0.25, 0.3) is 5.91 Å². The number of hydrogen-bond donors (Lipinski definition) is 1. The van der Waals surface area contributed by atoms with Crippen molar-refractivity contribution in [1.82, 2.24) is 4.98 Å². The Morgan fingerprint density at radius 3 is 2.60 bits per heavy atom. The van der Waals surface area contributed by atoms with Gasteiger partial charge in [-0.15, -0.1) is 0 Å². The topological polar surface area (TPSA) is 71.5 Å². The lowest BCUT2D eigenvalue weighted by molar-refractivity contribution is -0.142. The highest BCUT2D eigenvalue weighted by Crippen LogP contribution is 2.22. The van der Waals surface area contributed by atoms with Crippen LogP contribution in [0.5, 0.6) is 0 Å². The number of benzene rings is 2. The molecule has 1 saturated heterocycles. The summed E-state index contributed by atoms with van der Waals surface area (Å²) in [5.41, 5.74) is 3.45. The number of nitrogens with zero attached hydrogens (tertiary/aromatic N) is 2. The van der Waals surface area contributed by atoms with Crippen molar-refractivity contribution < 1.29 is 14.3 Å². The molecule has 1 aliphatic rings. The largest absolute Gasteiger partial charge is 0.452 e. The van der Waals surface area contributed by atoms with Gasteiger partial charge in [-0.2, -0.15) is 0 Å². The number of ether oxygens (including phenoxy) is 1. The van der Waals surface area contributed by atoms with Crippen LogP contribution in [0.1, 0.15) is 18.4 Å². The summed E-state index contributed by atoms with van der Waals surface area (Å²) in [6.07, 6.45) is 7.10. The van der Waals surface area contributed by atoms with E-state index in [1.165, 1.54) is 18.9 Å². The normalized spacial score (nSPS) is 13.7. The van der Waals surface area contributed by atoms with Crippen LogP contribution in [0.2, 0.25) is 0 Å². The maximum Gasteiger partial charge on any atom is 0.331 e. The number of esters is 1. The Labute approximate surface area is 175 Å². The Morgan fingerprint density at radius 2 is 1.80 bits per heavy atom. The maximum atomic E-state index is 12.1. The van der Waals surface area contributed by atoms with E-state index >= 15 is 0 Å². The fourth-order valence-electron chi connectivity index (χ4n) is 3.53. The number of nitrogens with one attached hydrogen (secondary N) is 1. The van der Waals surface area contributed by atoms with Crippen LogP contribution in [0.25, 0.3) is 17.0 Å². The Hall–Kier alpha value is -3.67. The monoisotopic (exact) mass is 401 g/mol. The molecule has 30 heavy (non-hydrogen) atoms. The molecular weight excluding hydrogens is 378 g/mol. The average molecular weight is 401 g/mol. The van der Waals surface area contributed by atoms with Gasteiger partial charge in [-0.05, 0) is 49.2 Å². The Kier molecular flexibility index (Phi) is 6.03. The van der Waals surface area contributed by atoms with Gasteiger partial charge in [-0.1, -0.05) is 24.3 Å². The lowest BCUT2D eigenvalue weighted by Gasteiger charge is -2.17. The molecule has 0 aliphatic carbocycles. The molecule has 0 saturated carbocycles. The van der Waals surface area contributed by atoms with Crippen LogP contribution in [0.15, 0.2) is 66.9 Å². The van der Waals surface area contributed by atoms with Gasteiger partial charge >= 0.3 is 5.97 Å². The van der Waals surface area contributed by atoms with Gasteiger partial charge in [0.15, 0.2) is 6.61 Å². The summed E-state index contributed by atoms with van der Waals surface area (Å²) >= 11 is 0. The Bertz CT molecular complexity index is 1070. The van der Waals surface area contributed by atoms with Crippen LogP contribution in [0.3, 0.4) is 0 Å². The highest BCUT2D eigenvalue weighted by atomic mass is 16.5. The highest BCUT2D eigenvalue weighted by Gasteiger charge is 2.12. The number of hydrogen-bond acceptors (Lipinski definition) is 5. The molecule has 1 amide bonds. The maximum absolute atomic E-state index is 12.1. The number of aromatic nitrogens is 1. The van der Waals surface area contributed by atoms with E-state index in [0.717, 1.165) is 35.2 Å². The second-order valence-electron chi connectivity index (χ2n) is 7.15. The number of para-hydroxylation sites is 1. The van der Waals surface area contributed by atoms with Crippen molar-refractivity contribution in [3.8, 4) is 0 Å². The van der Waals surface area contributed by atoms with E-state index in [0.29, 0.717) is 5.69 Å². The lowest BCUT2D eigenvalue weighted by Crippen LogP contribution is -2.20. The van der Waals surface area contributed by atoms with Crippen molar-refractivity contribution in [2.45, 2.75) is 12.8 Å². The summed E-state index contributed by atoms with van der Waals surface area (Å²) in [5, 5.41) is 3.73. The molecule has 0 bridgehead atoms. The molecule has 0 spiro atoms. The number of carbonyl (C=O) groups excluding carboxylic acids is 2. The first-order valence-corrected chi connectivity index (χ1v) is 10.0. The van der Waals surface area contributed by atoms with Gasteiger partial charge in [-0.3, -0.25) is 9.78 Å². The summed E-state index contributed by atoms with van der Waals surface area (Å²) in [6, 6.07) is 17.3. The molecule has 1 aliphatic heterocycles. The van der Waals surface area contributed by atoms with Crippen molar-refractivity contribution >= 4 is 40.2 Å². The molecule has 6 nitrogen and oxygen atoms in total. The molecule has 1 fully saturated rings. The van der Waals surface area contributed by atoms with E-state index in [4.69, 9.17) is 4.74 Å². The third-order valence-electron chi connectivity index (χ3n) is 5.03. The minimum absolute atomic E-state index is 0.342. The molecule has 2 heterocycles. The number of carbonyl (C=O) groups is 2. The Balaban J connectivity index is 1.28. The zero-order valence-electron chi connectivity index (χ0n) is 16.6. The third-order valence-corrected chi connectivity index (χ3v) is 5.03. The van der Waals surface area contributed by atoms with Crippen molar-refractivity contribution in [2.75, 3.05) is 29.9 Å². The van der Waals surface area contributed by atoms with Crippen LogP contribution in [-0.2, 0) is 14.3 Å². The van der Waals surface area contributed by atoms with Crippen molar-refractivity contribution in [1.29, 1.82) is 0 Å². The minimum atomic E-state index is -0.581. The molecule has 2 aromatic carbocycles. The first-order chi connectivity index (χ1) is 14.7. The molecule has 0 unspecified atom stereocenters. The average Bonchev–Trinajstić information content (AvgIpc) is 3.32. The zero-order valence-corrected chi connectivity index (χ0v) is 16.6. The fourth-order valence-corrected chi connectivity index (χ4v) is 3.53. The summed E-state index contributed by atoms with van der Waals surface area (Å²) < 4.78 is 5.05. The van der Waals surface area contributed by atoms with Crippen LogP contribution >= 0.6 is 0 Å². The molecule has 6 heteroatoms. The van der Waals surface area contributed by atoms with E-state index in [2.05, 4.69) is 15.2 Å². The smallest absolute Gasteiger partial charge is 0.331 e. The van der Waals surface area contributed by atoms with Gasteiger partial charge in [0, 0.05) is 47.7 Å². The predicted molar refractivity (Wildman–Crippen MR) is 118 cm³/mol. The van der Waals surface area contributed by atoms with Crippen molar-refractivity contribution in [3.63, 3.8) is 0 Å². The number of pyridine rings is 1. The molecule has 0 radical (unpaired) electrons. The van der Waals surface area contributed by atoms with Gasteiger partial charge in [0.1, 0.15) is 0 Å². The summed E-state index contributed by atoms with van der Waals surface area (Å²) in [5.74, 6) is -0.958. The quantitative estimate of drug-likeness (QED) is 0.499. The van der Waals surface area contributed by atoms with Gasteiger partial charge in [0.05, 0.1) is 5.52 Å². The number of anilines is 2. The first-order valence-electron chi connectivity index (χ1n) is 10.0. The molecule has 1 N–H and O–H groups in total. The number of amides is 1. The number of fused-ring (bicyclic) bond motifs is 1. The van der Waals surface area contributed by atoms with Crippen molar-refractivity contribution in [3.05, 3.63) is 72.4 Å². The van der Waals surface area contributed by atoms with Crippen LogP contribution < -0.4 is 10.2 Å². The Morgan fingerprint density at radius 1 is 1.03 bits per heavy atom. The van der Waals surface area contributed by atoms with Gasteiger partial charge < -0.3 is 15.0 Å². The van der Waals surface area contributed by atoms with Gasteiger partial charge in [0.2, 0.25) is 0 Å². The summed E-state index contributed by atoms with van der Waals surface area (Å²) in [7, 11) is 0. The SMILES string of the molecule is O=C(COC(=O)/C=C/c1cccc2cccnc12)Nc1ccc(N2CCCC2)cc1. The first kappa shape index (κ1) is 19.6. The van der Waals surface area contributed by atoms with E-state index < -0.39 is 5.97 Å². The lowest BCUT2D eigenvalue weighted by atomic mass is 10.1. The second-order valence-corrected chi connectivity index (χ2v) is 7.15. The van der Waals surface area contributed by atoms with Crippen molar-refractivity contribution in [2.24, 2.45) is 0 Å². The third kappa shape index (κ3) is 4.84. The van der Waals surface area contributed by atoms with E-state index in [1.54, 1.807) is 12.3 Å². The second kappa shape index (κ2) is 9.22. The molecule has 3 aromatic rings. The predicted octanol–water partition coefficient (Wildman–Crippen LogP) is 4.03. The molecule has 1 aromatic heterocycles. The molecule has 152 valence electrons. The molecule has 4 rings (SSSR count). The van der Waals surface area contributed by atoms with E-state index in [9.17, 15) is 9.59 Å². The summed E-state index contributed by atoms with van der Waals surface area (Å²) in [4.78, 5) is 30.7. The molecule has 0 atom stereocenters. The van der Waals surface area contributed by atoms with E-state index in [1.807, 2.05) is 54.6 Å².